The maximum absolute atomic E-state index is 12.5. The number of carbonyl (C=O) groups excluding carboxylic acids is 2. The zero-order valence-electron chi connectivity index (χ0n) is 14.1. The number of primary amides is 1. The van der Waals surface area contributed by atoms with Crippen LogP contribution < -0.4 is 16.4 Å². The topological polar surface area (TPSA) is 87.5 Å². The second-order valence-electron chi connectivity index (χ2n) is 5.96. The second kappa shape index (κ2) is 10.2. The molecule has 0 saturated carbocycles. The summed E-state index contributed by atoms with van der Waals surface area (Å²) >= 11 is 0. The number of hydrogen-bond acceptors (Lipinski definition) is 3. The van der Waals surface area contributed by atoms with Gasteiger partial charge >= 0.3 is 6.03 Å². The third kappa shape index (κ3) is 6.02. The molecule has 134 valence electrons. The molecule has 3 amide bonds. The van der Waals surface area contributed by atoms with Gasteiger partial charge in [0.05, 0.1) is 0 Å². The van der Waals surface area contributed by atoms with Gasteiger partial charge in [-0.25, -0.2) is 4.79 Å². The molecule has 0 unspecified atom stereocenters. The third-order valence-electron chi connectivity index (χ3n) is 4.25. The van der Waals surface area contributed by atoms with Crippen LogP contribution in [0, 0.1) is 5.92 Å². The van der Waals surface area contributed by atoms with Gasteiger partial charge < -0.3 is 21.3 Å². The van der Waals surface area contributed by atoms with Gasteiger partial charge in [0.15, 0.2) is 0 Å². The van der Waals surface area contributed by atoms with E-state index in [0.717, 1.165) is 44.6 Å². The molecule has 0 radical (unpaired) electrons. The number of amides is 3. The summed E-state index contributed by atoms with van der Waals surface area (Å²) in [6, 6.07) is 6.77. The summed E-state index contributed by atoms with van der Waals surface area (Å²) in [5.41, 5.74) is 6.66. The molecular formula is C17H27ClN4O2. The third-order valence-corrected chi connectivity index (χ3v) is 4.25. The van der Waals surface area contributed by atoms with Gasteiger partial charge in [-0.15, -0.1) is 12.4 Å². The number of carbonyl (C=O) groups is 2. The molecule has 1 saturated heterocycles. The monoisotopic (exact) mass is 354 g/mol. The van der Waals surface area contributed by atoms with E-state index in [4.69, 9.17) is 5.73 Å². The SMILES string of the molecule is CCNCC1CCN(C(=O)c2ccc(CNC(N)=O)cc2)CC1.Cl. The Labute approximate surface area is 149 Å². The Balaban J connectivity index is 0.00000288. The van der Waals surface area contributed by atoms with Crippen molar-refractivity contribution in [3.63, 3.8) is 0 Å². The number of piperidine rings is 1. The lowest BCUT2D eigenvalue weighted by molar-refractivity contribution is 0.0690. The first-order valence-corrected chi connectivity index (χ1v) is 8.22. The highest BCUT2D eigenvalue weighted by molar-refractivity contribution is 5.94. The molecule has 7 heteroatoms. The molecule has 0 aliphatic carbocycles. The zero-order valence-corrected chi connectivity index (χ0v) is 14.9. The first-order chi connectivity index (χ1) is 11.1. The Hall–Kier alpha value is -1.79. The van der Waals surface area contributed by atoms with Crippen molar-refractivity contribution in [1.29, 1.82) is 0 Å². The van der Waals surface area contributed by atoms with E-state index < -0.39 is 6.03 Å². The Morgan fingerprint density at radius 1 is 1.21 bits per heavy atom. The number of nitrogens with zero attached hydrogens (tertiary/aromatic N) is 1. The molecule has 0 aromatic heterocycles. The minimum absolute atomic E-state index is 0. The fourth-order valence-corrected chi connectivity index (χ4v) is 2.83. The van der Waals surface area contributed by atoms with Crippen molar-refractivity contribution in [2.24, 2.45) is 11.7 Å². The van der Waals surface area contributed by atoms with Gasteiger partial charge in [-0.1, -0.05) is 19.1 Å². The predicted octanol–water partition coefficient (Wildman–Crippen LogP) is 1.74. The lowest BCUT2D eigenvalue weighted by atomic mass is 9.96. The van der Waals surface area contributed by atoms with Gasteiger partial charge in [-0.05, 0) is 49.5 Å². The lowest BCUT2D eigenvalue weighted by Gasteiger charge is -2.32. The summed E-state index contributed by atoms with van der Waals surface area (Å²) in [6.45, 7) is 6.16. The second-order valence-corrected chi connectivity index (χ2v) is 5.96. The molecule has 0 spiro atoms. The summed E-state index contributed by atoms with van der Waals surface area (Å²) < 4.78 is 0. The molecule has 24 heavy (non-hydrogen) atoms. The Kier molecular flexibility index (Phi) is 8.57. The number of nitrogens with two attached hydrogens (primary N) is 1. The summed E-state index contributed by atoms with van der Waals surface area (Å²) in [7, 11) is 0. The van der Waals surface area contributed by atoms with E-state index in [0.29, 0.717) is 18.0 Å². The first-order valence-electron chi connectivity index (χ1n) is 8.22. The molecule has 2 rings (SSSR count). The Morgan fingerprint density at radius 3 is 2.38 bits per heavy atom. The fourth-order valence-electron chi connectivity index (χ4n) is 2.83. The van der Waals surface area contributed by atoms with Crippen molar-refractivity contribution in [3.05, 3.63) is 35.4 Å². The molecule has 1 aromatic carbocycles. The van der Waals surface area contributed by atoms with Gasteiger partial charge in [0.2, 0.25) is 0 Å². The van der Waals surface area contributed by atoms with Crippen LogP contribution in [-0.2, 0) is 6.54 Å². The highest BCUT2D eigenvalue weighted by atomic mass is 35.5. The summed E-state index contributed by atoms with van der Waals surface area (Å²) in [6.07, 6.45) is 2.11. The lowest BCUT2D eigenvalue weighted by Crippen LogP contribution is -2.40. The minimum atomic E-state index is -0.550. The molecule has 0 atom stereocenters. The van der Waals surface area contributed by atoms with Crippen LogP contribution >= 0.6 is 12.4 Å². The van der Waals surface area contributed by atoms with Gasteiger partial charge in [-0.3, -0.25) is 4.79 Å². The number of likely N-dealkylation sites (tertiary alicyclic amines) is 1. The van der Waals surface area contributed by atoms with E-state index in [1.807, 2.05) is 29.2 Å². The fraction of sp³-hybridized carbons (Fsp3) is 0.529. The van der Waals surface area contributed by atoms with Crippen LogP contribution in [0.25, 0.3) is 0 Å². The number of halogens is 1. The molecule has 4 N–H and O–H groups in total. The quantitative estimate of drug-likeness (QED) is 0.727. The van der Waals surface area contributed by atoms with Gasteiger partial charge in [0.1, 0.15) is 0 Å². The van der Waals surface area contributed by atoms with Crippen molar-refractivity contribution in [1.82, 2.24) is 15.5 Å². The number of rotatable bonds is 6. The Bertz CT molecular complexity index is 528. The van der Waals surface area contributed by atoms with Crippen LogP contribution in [0.4, 0.5) is 4.79 Å². The standard InChI is InChI=1S/C17H26N4O2.ClH/c1-2-19-11-14-7-9-21(10-8-14)16(22)15-5-3-13(4-6-15)12-20-17(18)23;/h3-6,14,19H,2,7-12H2,1H3,(H3,18,20,23);1H. The molecule has 0 bridgehead atoms. The summed E-state index contributed by atoms with van der Waals surface area (Å²) in [5.74, 6) is 0.752. The van der Waals surface area contributed by atoms with Gasteiger partial charge in [-0.2, -0.15) is 0 Å². The molecule has 1 aliphatic heterocycles. The van der Waals surface area contributed by atoms with Crippen LogP contribution in [0.1, 0.15) is 35.7 Å². The van der Waals surface area contributed by atoms with Crippen LogP contribution in [-0.4, -0.2) is 43.0 Å². The highest BCUT2D eigenvalue weighted by Gasteiger charge is 2.23. The zero-order chi connectivity index (χ0) is 16.7. The normalized spacial score (nSPS) is 14.8. The van der Waals surface area contributed by atoms with Crippen molar-refractivity contribution in [3.8, 4) is 0 Å². The van der Waals surface area contributed by atoms with E-state index in [1.54, 1.807) is 0 Å². The van der Waals surface area contributed by atoms with E-state index in [9.17, 15) is 9.59 Å². The van der Waals surface area contributed by atoms with Crippen LogP contribution in [0.5, 0.6) is 0 Å². The van der Waals surface area contributed by atoms with Crippen molar-refractivity contribution in [2.75, 3.05) is 26.2 Å². The number of hydrogen-bond donors (Lipinski definition) is 3. The van der Waals surface area contributed by atoms with Crippen LogP contribution in [0.3, 0.4) is 0 Å². The molecule has 1 aliphatic rings. The summed E-state index contributed by atoms with van der Waals surface area (Å²) in [4.78, 5) is 25.1. The molecule has 1 heterocycles. The number of urea groups is 1. The summed E-state index contributed by atoms with van der Waals surface area (Å²) in [5, 5.41) is 5.91. The van der Waals surface area contributed by atoms with Crippen molar-refractivity contribution >= 4 is 24.3 Å². The van der Waals surface area contributed by atoms with E-state index in [-0.39, 0.29) is 18.3 Å². The van der Waals surface area contributed by atoms with Crippen LogP contribution in [0.2, 0.25) is 0 Å². The van der Waals surface area contributed by atoms with Gasteiger partial charge in [0.25, 0.3) is 5.91 Å². The number of nitrogens with one attached hydrogen (secondary N) is 2. The largest absolute Gasteiger partial charge is 0.352 e. The van der Waals surface area contributed by atoms with Crippen molar-refractivity contribution in [2.45, 2.75) is 26.3 Å². The van der Waals surface area contributed by atoms with E-state index in [1.165, 1.54) is 0 Å². The maximum Gasteiger partial charge on any atom is 0.312 e. The minimum Gasteiger partial charge on any atom is -0.352 e. The smallest absolute Gasteiger partial charge is 0.312 e. The average Bonchev–Trinajstić information content (AvgIpc) is 2.58. The molecule has 1 aromatic rings. The highest BCUT2D eigenvalue weighted by Crippen LogP contribution is 2.18. The molecule has 1 fully saturated rings. The predicted molar refractivity (Wildman–Crippen MR) is 97.3 cm³/mol. The van der Waals surface area contributed by atoms with E-state index in [2.05, 4.69) is 17.6 Å². The van der Waals surface area contributed by atoms with E-state index >= 15 is 0 Å². The first kappa shape index (κ1) is 20.3. The molecule has 6 nitrogen and oxygen atoms in total. The Morgan fingerprint density at radius 2 is 1.83 bits per heavy atom. The van der Waals surface area contributed by atoms with Crippen LogP contribution in [0.15, 0.2) is 24.3 Å². The molecular weight excluding hydrogens is 328 g/mol. The maximum atomic E-state index is 12.5. The van der Waals surface area contributed by atoms with Gasteiger partial charge in [0, 0.05) is 25.2 Å². The number of benzene rings is 1. The average molecular weight is 355 g/mol. The van der Waals surface area contributed by atoms with Crippen molar-refractivity contribution < 1.29 is 9.59 Å².